The molecule has 0 spiro atoms. The molecule has 2 aromatic rings. The minimum atomic E-state index is -2.88. The highest BCUT2D eigenvalue weighted by molar-refractivity contribution is 6.32. The van der Waals surface area contributed by atoms with Crippen LogP contribution in [0.15, 0.2) is 43.0 Å². The van der Waals surface area contributed by atoms with Gasteiger partial charge in [-0.15, -0.1) is 0 Å². The molecule has 3 rings (SSSR count). The number of hydrogen-bond acceptors (Lipinski definition) is 4. The number of rotatable bonds is 6. The Hall–Kier alpha value is -2.68. The van der Waals surface area contributed by atoms with E-state index in [1.807, 2.05) is 6.92 Å². The number of benzene rings is 1. The zero-order valence-corrected chi connectivity index (χ0v) is 17.7. The van der Waals surface area contributed by atoms with Crippen LogP contribution in [0.3, 0.4) is 0 Å². The van der Waals surface area contributed by atoms with Gasteiger partial charge in [0.2, 0.25) is 5.92 Å². The Bertz CT molecular complexity index is 943. The molecule has 2 amide bonds. The van der Waals surface area contributed by atoms with Crippen molar-refractivity contribution in [3.8, 4) is 0 Å². The predicted molar refractivity (Wildman–Crippen MR) is 110 cm³/mol. The Balaban J connectivity index is 2.09. The van der Waals surface area contributed by atoms with Gasteiger partial charge < -0.3 is 5.32 Å². The number of carbonyl (C=O) groups is 2. The lowest BCUT2D eigenvalue weighted by atomic mass is 9.89. The second-order valence-electron chi connectivity index (χ2n) is 7.78. The van der Waals surface area contributed by atoms with Crippen LogP contribution in [-0.2, 0) is 15.1 Å². The number of aryl methyl sites for hydroxylation is 1. The Morgan fingerprint density at radius 2 is 1.87 bits per heavy atom. The Morgan fingerprint density at radius 1 is 1.26 bits per heavy atom. The molecule has 1 heterocycles. The summed E-state index contributed by atoms with van der Waals surface area (Å²) in [6.07, 6.45) is 3.08. The van der Waals surface area contributed by atoms with Gasteiger partial charge in [0, 0.05) is 42.5 Å². The fraction of sp³-hybridized carbons (Fsp3) is 0.429. The molecule has 1 aliphatic carbocycles. The number of carbonyl (C=O) groups excluding carboxylic acids is 2. The van der Waals surface area contributed by atoms with Crippen LogP contribution >= 0.6 is 11.6 Å². The smallest absolute Gasteiger partial charge is 0.278 e. The lowest BCUT2D eigenvalue weighted by Crippen LogP contribution is -2.59. The summed E-state index contributed by atoms with van der Waals surface area (Å²) in [6, 6.07) is 5.68. The van der Waals surface area contributed by atoms with Gasteiger partial charge in [-0.05, 0) is 32.4 Å². The molecule has 1 saturated carbocycles. The molecule has 10 heteroatoms. The summed E-state index contributed by atoms with van der Waals surface area (Å²) < 4.78 is 41.4. The molecular formula is C21H22ClF3N4O2. The van der Waals surface area contributed by atoms with E-state index in [-0.39, 0.29) is 24.1 Å². The van der Waals surface area contributed by atoms with Gasteiger partial charge in [-0.25, -0.2) is 23.1 Å². The average molecular weight is 455 g/mol. The maximum absolute atomic E-state index is 14.0. The molecule has 0 saturated heterocycles. The maximum Gasteiger partial charge on any atom is 0.278 e. The van der Waals surface area contributed by atoms with Crippen molar-refractivity contribution < 1.29 is 22.8 Å². The summed E-state index contributed by atoms with van der Waals surface area (Å²) >= 11 is 5.49. The SMILES string of the molecule is Cc1ccc(N(C(=O)[C@H](F)Cl)[C@](C)(C(=O)N[C@H]2CCC(F)(F)C2)c2cncnc2)cc1. The highest BCUT2D eigenvalue weighted by Crippen LogP contribution is 2.38. The lowest BCUT2D eigenvalue weighted by molar-refractivity contribution is -0.131. The van der Waals surface area contributed by atoms with E-state index < -0.39 is 41.4 Å². The number of amides is 2. The van der Waals surface area contributed by atoms with Crippen LogP contribution in [0.2, 0.25) is 0 Å². The normalized spacial score (nSPS) is 20.5. The molecule has 1 N–H and O–H groups in total. The quantitative estimate of drug-likeness (QED) is 0.672. The standard InChI is InChI=1S/C21H22ClF3N4O2/c1-13-3-5-16(6-4-13)29(18(30)17(22)23)20(2,14-10-26-12-27-11-14)19(31)28-15-7-8-21(24,25)9-15/h3-6,10-12,15,17H,7-9H2,1-2H3,(H,28,31)/t15-,17-,20-/m0/s1. The van der Waals surface area contributed by atoms with Gasteiger partial charge in [-0.3, -0.25) is 14.5 Å². The Kier molecular flexibility index (Phi) is 6.54. The highest BCUT2D eigenvalue weighted by atomic mass is 35.5. The Morgan fingerprint density at radius 3 is 2.39 bits per heavy atom. The van der Waals surface area contributed by atoms with Crippen molar-refractivity contribution in [2.24, 2.45) is 0 Å². The van der Waals surface area contributed by atoms with Crippen molar-refractivity contribution >= 4 is 29.1 Å². The number of nitrogens with one attached hydrogen (secondary N) is 1. The first-order chi connectivity index (χ1) is 14.5. The van der Waals surface area contributed by atoms with E-state index in [1.54, 1.807) is 24.3 Å². The van der Waals surface area contributed by atoms with Gasteiger partial charge in [0.1, 0.15) is 6.33 Å². The third kappa shape index (κ3) is 4.81. The topological polar surface area (TPSA) is 75.2 Å². The van der Waals surface area contributed by atoms with Gasteiger partial charge in [0.05, 0.1) is 0 Å². The van der Waals surface area contributed by atoms with Gasteiger partial charge in [-0.2, -0.15) is 0 Å². The van der Waals surface area contributed by atoms with Gasteiger partial charge in [-0.1, -0.05) is 29.3 Å². The molecule has 31 heavy (non-hydrogen) atoms. The van der Waals surface area contributed by atoms with E-state index in [9.17, 15) is 22.8 Å². The summed E-state index contributed by atoms with van der Waals surface area (Å²) in [4.78, 5) is 35.1. The summed E-state index contributed by atoms with van der Waals surface area (Å²) in [5, 5.41) is 2.60. The van der Waals surface area contributed by atoms with E-state index in [0.717, 1.165) is 10.5 Å². The van der Waals surface area contributed by atoms with E-state index >= 15 is 0 Å². The minimum Gasteiger partial charge on any atom is -0.351 e. The molecule has 166 valence electrons. The molecule has 0 bridgehead atoms. The molecule has 3 atom stereocenters. The van der Waals surface area contributed by atoms with Crippen LogP contribution in [0, 0.1) is 6.92 Å². The first-order valence-corrected chi connectivity index (χ1v) is 10.1. The summed E-state index contributed by atoms with van der Waals surface area (Å²) in [7, 11) is 0. The van der Waals surface area contributed by atoms with Crippen molar-refractivity contribution in [3.05, 3.63) is 54.1 Å². The molecule has 0 aliphatic heterocycles. The maximum atomic E-state index is 14.0. The van der Waals surface area contributed by atoms with Crippen molar-refractivity contribution in [3.63, 3.8) is 0 Å². The molecule has 1 aromatic carbocycles. The van der Waals surface area contributed by atoms with Crippen molar-refractivity contribution in [1.82, 2.24) is 15.3 Å². The fourth-order valence-electron chi connectivity index (χ4n) is 3.71. The van der Waals surface area contributed by atoms with Gasteiger partial charge in [0.25, 0.3) is 17.4 Å². The van der Waals surface area contributed by atoms with Crippen LogP contribution < -0.4 is 10.2 Å². The summed E-state index contributed by atoms with van der Waals surface area (Å²) in [6.45, 7) is 3.21. The first kappa shape index (κ1) is 23.0. The number of hydrogen-bond donors (Lipinski definition) is 1. The van der Waals surface area contributed by atoms with E-state index in [1.165, 1.54) is 25.6 Å². The molecule has 1 fully saturated rings. The summed E-state index contributed by atoms with van der Waals surface area (Å²) in [5.74, 6) is -4.82. The van der Waals surface area contributed by atoms with Crippen molar-refractivity contribution in [1.29, 1.82) is 0 Å². The monoisotopic (exact) mass is 454 g/mol. The van der Waals surface area contributed by atoms with E-state index in [4.69, 9.17) is 11.6 Å². The van der Waals surface area contributed by atoms with Gasteiger partial charge in [0.15, 0.2) is 5.54 Å². The zero-order chi connectivity index (χ0) is 22.8. The minimum absolute atomic E-state index is 0.0832. The fourth-order valence-corrected chi connectivity index (χ4v) is 3.81. The number of alkyl halides is 4. The molecule has 0 unspecified atom stereocenters. The first-order valence-electron chi connectivity index (χ1n) is 9.68. The number of nitrogens with zero attached hydrogens (tertiary/aromatic N) is 3. The molecule has 0 radical (unpaired) electrons. The van der Waals surface area contributed by atoms with Crippen LogP contribution in [0.25, 0.3) is 0 Å². The predicted octanol–water partition coefficient (Wildman–Crippen LogP) is 3.87. The number of halogens is 4. The second kappa shape index (κ2) is 8.82. The third-order valence-electron chi connectivity index (χ3n) is 5.45. The zero-order valence-electron chi connectivity index (χ0n) is 17.0. The largest absolute Gasteiger partial charge is 0.351 e. The average Bonchev–Trinajstić information content (AvgIpc) is 3.08. The molecular weight excluding hydrogens is 433 g/mol. The number of anilines is 1. The van der Waals surface area contributed by atoms with Crippen LogP contribution in [0.4, 0.5) is 18.9 Å². The van der Waals surface area contributed by atoms with E-state index in [0.29, 0.717) is 0 Å². The molecule has 6 nitrogen and oxygen atoms in total. The second-order valence-corrected chi connectivity index (χ2v) is 8.16. The van der Waals surface area contributed by atoms with Crippen molar-refractivity contribution in [2.45, 2.75) is 56.2 Å². The molecule has 1 aliphatic rings. The van der Waals surface area contributed by atoms with Crippen molar-refractivity contribution in [2.75, 3.05) is 4.90 Å². The molecule has 1 aromatic heterocycles. The van der Waals surface area contributed by atoms with Crippen LogP contribution in [-0.4, -0.2) is 39.4 Å². The number of aromatic nitrogens is 2. The van der Waals surface area contributed by atoms with Gasteiger partial charge >= 0.3 is 0 Å². The summed E-state index contributed by atoms with van der Waals surface area (Å²) in [5.41, 5.74) is -3.04. The Labute approximate surface area is 182 Å². The van der Waals surface area contributed by atoms with E-state index in [2.05, 4.69) is 15.3 Å². The van der Waals surface area contributed by atoms with Crippen LogP contribution in [0.1, 0.15) is 37.3 Å². The third-order valence-corrected chi connectivity index (χ3v) is 5.64. The highest BCUT2D eigenvalue weighted by Gasteiger charge is 2.49. The van der Waals surface area contributed by atoms with Crippen LogP contribution in [0.5, 0.6) is 0 Å². The lowest BCUT2D eigenvalue weighted by Gasteiger charge is -2.40.